The van der Waals surface area contributed by atoms with E-state index in [0.717, 1.165) is 5.69 Å². The maximum atomic E-state index is 4.17. The van der Waals surface area contributed by atoms with E-state index >= 15 is 0 Å². The van der Waals surface area contributed by atoms with Gasteiger partial charge >= 0.3 is 0 Å². The van der Waals surface area contributed by atoms with Crippen molar-refractivity contribution in [2.24, 2.45) is 0 Å². The minimum absolute atomic E-state index is 0.347. The lowest BCUT2D eigenvalue weighted by molar-refractivity contribution is 0.463. The Morgan fingerprint density at radius 2 is 2.40 bits per heavy atom. The molecule has 0 atom stereocenters. The molecule has 1 heterocycles. The third kappa shape index (κ3) is 1.35. The van der Waals surface area contributed by atoms with E-state index in [1.54, 1.807) is 11.0 Å². The van der Waals surface area contributed by atoms with Crippen molar-refractivity contribution in [3.63, 3.8) is 0 Å². The maximum absolute atomic E-state index is 4.17. The second kappa shape index (κ2) is 2.82. The van der Waals surface area contributed by atoms with Crippen LogP contribution in [0.3, 0.4) is 0 Å². The predicted molar refractivity (Wildman–Crippen MR) is 39.5 cm³/mol. The van der Waals surface area contributed by atoms with Gasteiger partial charge in [-0.25, -0.2) is 0 Å². The molecule has 0 aliphatic rings. The van der Waals surface area contributed by atoms with Gasteiger partial charge in [0.1, 0.15) is 0 Å². The highest BCUT2D eigenvalue weighted by molar-refractivity contribution is 4.92. The van der Waals surface area contributed by atoms with Gasteiger partial charge in [0, 0.05) is 0 Å². The van der Waals surface area contributed by atoms with Crippen molar-refractivity contribution in [2.75, 3.05) is 0 Å². The van der Waals surface area contributed by atoms with Gasteiger partial charge < -0.3 is 0 Å². The lowest BCUT2D eigenvalue weighted by atomic mass is 10.4. The maximum Gasteiger partial charge on any atom is 0.0827 e. The summed E-state index contributed by atoms with van der Waals surface area (Å²) in [5.41, 5.74) is 0.953. The molecule has 0 fully saturated rings. The van der Waals surface area contributed by atoms with Crippen LogP contribution in [-0.2, 0) is 6.42 Å². The number of rotatable bonds is 2. The first-order valence-electron chi connectivity index (χ1n) is 3.44. The molecule has 1 aromatic rings. The molecule has 0 saturated heterocycles. The van der Waals surface area contributed by atoms with Crippen LogP contribution < -0.4 is 0 Å². The minimum Gasteiger partial charge on any atom is -0.182 e. The van der Waals surface area contributed by atoms with Gasteiger partial charge in [0.15, 0.2) is 0 Å². The van der Waals surface area contributed by atoms with E-state index in [0.29, 0.717) is 12.5 Å². The van der Waals surface area contributed by atoms with Gasteiger partial charge in [0.2, 0.25) is 0 Å². The van der Waals surface area contributed by atoms with E-state index in [4.69, 9.17) is 0 Å². The van der Waals surface area contributed by atoms with Crippen LogP contribution in [0.4, 0.5) is 0 Å². The van der Waals surface area contributed by atoms with Crippen LogP contribution >= 0.6 is 0 Å². The highest BCUT2D eigenvalue weighted by Crippen LogP contribution is 1.99. The van der Waals surface area contributed by atoms with Crippen molar-refractivity contribution in [3.8, 4) is 0 Å². The van der Waals surface area contributed by atoms with E-state index < -0.39 is 0 Å². The van der Waals surface area contributed by atoms with Gasteiger partial charge in [-0.3, -0.25) is 0 Å². The highest BCUT2D eigenvalue weighted by atomic mass is 15.5. The van der Waals surface area contributed by atoms with Crippen molar-refractivity contribution in [1.29, 1.82) is 0 Å². The molecule has 1 rings (SSSR count). The van der Waals surface area contributed by atoms with E-state index in [1.807, 2.05) is 13.8 Å². The summed E-state index contributed by atoms with van der Waals surface area (Å²) in [6.07, 6.45) is 2.47. The molecule has 0 aromatic carbocycles. The molecular formula is C7H12N3. The Labute approximate surface area is 61.1 Å². The van der Waals surface area contributed by atoms with Gasteiger partial charge in [-0.2, -0.15) is 15.0 Å². The number of nitrogens with zero attached hydrogens (tertiary/aromatic N) is 3. The van der Waals surface area contributed by atoms with E-state index in [-0.39, 0.29) is 0 Å². The van der Waals surface area contributed by atoms with E-state index in [2.05, 4.69) is 17.1 Å². The topological polar surface area (TPSA) is 30.7 Å². The Kier molecular flexibility index (Phi) is 2.04. The van der Waals surface area contributed by atoms with Gasteiger partial charge in [-0.15, -0.1) is 0 Å². The Balaban J connectivity index is 2.78. The fourth-order valence-corrected chi connectivity index (χ4v) is 0.672. The summed E-state index contributed by atoms with van der Waals surface area (Å²) < 4.78 is 0. The highest BCUT2D eigenvalue weighted by Gasteiger charge is 1.99. The van der Waals surface area contributed by atoms with Gasteiger partial charge in [-0.05, 0) is 27.2 Å². The Morgan fingerprint density at radius 1 is 1.70 bits per heavy atom. The van der Waals surface area contributed by atoms with Crippen molar-refractivity contribution in [2.45, 2.75) is 26.3 Å². The first kappa shape index (κ1) is 7.25. The van der Waals surface area contributed by atoms with Crippen LogP contribution in [0, 0.1) is 6.92 Å². The first-order chi connectivity index (χ1) is 4.74. The summed E-state index contributed by atoms with van der Waals surface area (Å²) in [5.74, 6) is 0. The molecular weight excluding hydrogens is 126 g/mol. The van der Waals surface area contributed by atoms with Crippen molar-refractivity contribution in [3.05, 3.63) is 18.8 Å². The summed E-state index contributed by atoms with van der Waals surface area (Å²) >= 11 is 0. The second-order valence-corrected chi connectivity index (χ2v) is 2.50. The Bertz CT molecular complexity index is 202. The van der Waals surface area contributed by atoms with Gasteiger partial charge in [-0.1, -0.05) is 0 Å². The van der Waals surface area contributed by atoms with Crippen LogP contribution in [-0.4, -0.2) is 15.0 Å². The van der Waals surface area contributed by atoms with Gasteiger partial charge in [0.25, 0.3) is 0 Å². The molecule has 55 valence electrons. The minimum atomic E-state index is 0.347. The van der Waals surface area contributed by atoms with Crippen LogP contribution in [0.25, 0.3) is 0 Å². The fourth-order valence-electron chi connectivity index (χ4n) is 0.672. The smallest absolute Gasteiger partial charge is 0.0827 e. The first-order valence-corrected chi connectivity index (χ1v) is 3.44. The number of aromatic nitrogens is 3. The molecule has 0 aliphatic carbocycles. The molecule has 0 bridgehead atoms. The average molecular weight is 138 g/mol. The van der Waals surface area contributed by atoms with Crippen molar-refractivity contribution in [1.82, 2.24) is 15.0 Å². The lowest BCUT2D eigenvalue weighted by Gasteiger charge is -2.00. The molecule has 0 unspecified atom stereocenters. The number of hydrogen-bond donors (Lipinski definition) is 0. The summed E-state index contributed by atoms with van der Waals surface area (Å²) in [6, 6.07) is 0.347. The molecule has 0 spiro atoms. The van der Waals surface area contributed by atoms with Crippen molar-refractivity contribution < 1.29 is 0 Å². The molecule has 3 nitrogen and oxygen atoms in total. The zero-order valence-electron chi connectivity index (χ0n) is 6.41. The summed E-state index contributed by atoms with van der Waals surface area (Å²) in [6.45, 7) is 7.81. The molecule has 0 amide bonds. The van der Waals surface area contributed by atoms with Gasteiger partial charge in [0.05, 0.1) is 17.9 Å². The van der Waals surface area contributed by atoms with Crippen molar-refractivity contribution >= 4 is 0 Å². The van der Waals surface area contributed by atoms with E-state index in [1.165, 1.54) is 0 Å². The molecule has 0 N–H and O–H groups in total. The molecule has 1 radical (unpaired) electrons. The summed E-state index contributed by atoms with van der Waals surface area (Å²) in [4.78, 5) is 1.69. The molecule has 3 heteroatoms. The molecule has 0 aliphatic heterocycles. The van der Waals surface area contributed by atoms with Crippen LogP contribution in [0.15, 0.2) is 6.20 Å². The SMILES string of the molecule is [CH2]Cc1cnn(C(C)C)n1. The van der Waals surface area contributed by atoms with Crippen LogP contribution in [0.2, 0.25) is 0 Å². The Hall–Kier alpha value is -0.860. The molecule has 10 heavy (non-hydrogen) atoms. The Morgan fingerprint density at radius 3 is 2.70 bits per heavy atom. The zero-order chi connectivity index (χ0) is 7.56. The lowest BCUT2D eigenvalue weighted by Crippen LogP contribution is -2.04. The zero-order valence-corrected chi connectivity index (χ0v) is 6.41. The van der Waals surface area contributed by atoms with Crippen LogP contribution in [0.1, 0.15) is 25.6 Å². The quantitative estimate of drug-likeness (QED) is 0.615. The van der Waals surface area contributed by atoms with E-state index in [9.17, 15) is 0 Å². The monoisotopic (exact) mass is 138 g/mol. The standard InChI is InChI=1S/C7H12N3/c1-4-7-5-8-10(9-7)6(2)3/h5-6H,1,4H2,2-3H3. The summed E-state index contributed by atoms with van der Waals surface area (Å²) in [5, 5.41) is 8.22. The summed E-state index contributed by atoms with van der Waals surface area (Å²) in [7, 11) is 0. The normalized spacial score (nSPS) is 10.8. The number of hydrogen-bond acceptors (Lipinski definition) is 2. The van der Waals surface area contributed by atoms with Crippen LogP contribution in [0.5, 0.6) is 0 Å². The second-order valence-electron chi connectivity index (χ2n) is 2.50. The third-order valence-electron chi connectivity index (χ3n) is 1.27. The average Bonchev–Trinajstić information content (AvgIpc) is 2.34. The fraction of sp³-hybridized carbons (Fsp3) is 0.571. The largest absolute Gasteiger partial charge is 0.182 e. The molecule has 1 aromatic heterocycles. The third-order valence-corrected chi connectivity index (χ3v) is 1.27. The predicted octanol–water partition coefficient (Wildman–Crippen LogP) is 1.24. The molecule has 0 saturated carbocycles.